The molecule has 2 nitrogen and oxygen atoms in total. The lowest BCUT2D eigenvalue weighted by atomic mass is 10.0. The van der Waals surface area contributed by atoms with Crippen molar-refractivity contribution in [2.24, 2.45) is 0 Å². The monoisotopic (exact) mass is 408 g/mol. The zero-order valence-corrected chi connectivity index (χ0v) is 18.0. The number of thiocarbonyl (C=S) groups is 1. The Hall–Kier alpha value is -2.04. The summed E-state index contributed by atoms with van der Waals surface area (Å²) in [5.41, 5.74) is 2.77. The molecule has 0 spiro atoms. The van der Waals surface area contributed by atoms with E-state index in [1.165, 1.54) is 26.8 Å². The van der Waals surface area contributed by atoms with Gasteiger partial charge in [0.05, 0.1) is 0 Å². The first-order chi connectivity index (χ1) is 13.8. The van der Waals surface area contributed by atoms with Crippen LogP contribution in [0.25, 0.3) is 10.8 Å². The molecule has 0 fully saturated rings. The van der Waals surface area contributed by atoms with Crippen LogP contribution in [0, 0.1) is 0 Å². The van der Waals surface area contributed by atoms with Gasteiger partial charge in [0.25, 0.3) is 0 Å². The zero-order chi connectivity index (χ0) is 19.6. The molecule has 0 atom stereocenters. The Morgan fingerprint density at radius 2 is 1.75 bits per heavy atom. The maximum Gasteiger partial charge on any atom is 0.166 e. The van der Waals surface area contributed by atoms with Crippen molar-refractivity contribution in [1.82, 2.24) is 10.6 Å². The topological polar surface area (TPSA) is 24.1 Å². The van der Waals surface area contributed by atoms with Gasteiger partial charge in [-0.1, -0.05) is 61.5 Å². The van der Waals surface area contributed by atoms with Crippen LogP contribution < -0.4 is 10.6 Å². The van der Waals surface area contributed by atoms with Crippen molar-refractivity contribution in [2.45, 2.75) is 36.8 Å². The van der Waals surface area contributed by atoms with Crippen molar-refractivity contribution < 1.29 is 0 Å². The molecule has 4 heteroatoms. The maximum absolute atomic E-state index is 5.29. The summed E-state index contributed by atoms with van der Waals surface area (Å²) in [4.78, 5) is 1.33. The van der Waals surface area contributed by atoms with Gasteiger partial charge in [-0.2, -0.15) is 0 Å². The molecule has 0 heterocycles. The molecule has 146 valence electrons. The quantitative estimate of drug-likeness (QED) is 0.260. The van der Waals surface area contributed by atoms with Crippen LogP contribution in [0.4, 0.5) is 0 Å². The number of fused-ring (bicyclic) bond motifs is 1. The lowest BCUT2D eigenvalue weighted by Gasteiger charge is -2.11. The van der Waals surface area contributed by atoms with Crippen molar-refractivity contribution >= 4 is 39.9 Å². The summed E-state index contributed by atoms with van der Waals surface area (Å²) >= 11 is 7.19. The van der Waals surface area contributed by atoms with Gasteiger partial charge >= 0.3 is 0 Å². The maximum atomic E-state index is 5.29. The average molecular weight is 409 g/mol. The van der Waals surface area contributed by atoms with Crippen LogP contribution in [0.1, 0.15) is 30.9 Å². The molecular weight excluding hydrogens is 380 g/mol. The van der Waals surface area contributed by atoms with Gasteiger partial charge in [0.2, 0.25) is 0 Å². The van der Waals surface area contributed by atoms with E-state index >= 15 is 0 Å². The van der Waals surface area contributed by atoms with Crippen LogP contribution in [-0.2, 0) is 12.2 Å². The molecule has 3 aromatic rings. The van der Waals surface area contributed by atoms with Crippen molar-refractivity contribution in [3.05, 3.63) is 77.9 Å². The van der Waals surface area contributed by atoms with Gasteiger partial charge in [-0.15, -0.1) is 11.8 Å². The predicted molar refractivity (Wildman–Crippen MR) is 127 cm³/mol. The lowest BCUT2D eigenvalue weighted by Crippen LogP contribution is -2.36. The van der Waals surface area contributed by atoms with Gasteiger partial charge in [0.1, 0.15) is 0 Å². The van der Waals surface area contributed by atoms with Crippen LogP contribution in [0.3, 0.4) is 0 Å². The second-order valence-corrected chi connectivity index (χ2v) is 8.32. The molecular formula is C24H28N2S2. The molecule has 0 radical (unpaired) electrons. The summed E-state index contributed by atoms with van der Waals surface area (Å²) in [5, 5.41) is 9.96. The number of benzene rings is 3. The first-order valence-electron chi connectivity index (χ1n) is 9.96. The Bertz CT molecular complexity index is 894. The van der Waals surface area contributed by atoms with E-state index in [9.17, 15) is 0 Å². The fourth-order valence-corrected chi connectivity index (χ4v) is 4.24. The molecule has 0 saturated heterocycles. The normalized spacial score (nSPS) is 10.8. The highest BCUT2D eigenvalue weighted by Crippen LogP contribution is 2.28. The second-order valence-electron chi connectivity index (χ2n) is 6.86. The summed E-state index contributed by atoms with van der Waals surface area (Å²) in [6.45, 7) is 3.97. The molecule has 0 amide bonds. The fourth-order valence-electron chi connectivity index (χ4n) is 3.15. The van der Waals surface area contributed by atoms with Crippen LogP contribution in [-0.4, -0.2) is 18.2 Å². The highest BCUT2D eigenvalue weighted by Gasteiger charge is 2.04. The predicted octanol–water partition coefficient (Wildman–Crippen LogP) is 5.94. The van der Waals surface area contributed by atoms with E-state index in [-0.39, 0.29) is 0 Å². The minimum atomic E-state index is 0.763. The van der Waals surface area contributed by atoms with Crippen LogP contribution in [0.2, 0.25) is 0 Å². The number of rotatable bonds is 9. The van der Waals surface area contributed by atoms with Gasteiger partial charge in [-0.3, -0.25) is 0 Å². The number of thioether (sulfide) groups is 1. The van der Waals surface area contributed by atoms with Gasteiger partial charge in [0, 0.05) is 23.7 Å². The summed E-state index contributed by atoms with van der Waals surface area (Å²) in [7, 11) is 0. The van der Waals surface area contributed by atoms with Gasteiger partial charge in [-0.25, -0.2) is 0 Å². The Labute approximate surface area is 178 Å². The smallest absolute Gasteiger partial charge is 0.166 e. The SMILES string of the molecule is CCCNC(=S)NCCCc1cccc2ccc(SCc3ccccc3)cc12. The third-order valence-electron chi connectivity index (χ3n) is 4.64. The van der Waals surface area contributed by atoms with E-state index in [1.807, 2.05) is 11.8 Å². The van der Waals surface area contributed by atoms with Gasteiger partial charge in [-0.05, 0) is 65.5 Å². The average Bonchev–Trinajstić information content (AvgIpc) is 2.74. The van der Waals surface area contributed by atoms with Crippen molar-refractivity contribution in [2.75, 3.05) is 13.1 Å². The summed E-state index contributed by atoms with van der Waals surface area (Å²) in [6.07, 6.45) is 3.20. The number of aryl methyl sites for hydroxylation is 1. The number of hydrogen-bond acceptors (Lipinski definition) is 2. The van der Waals surface area contributed by atoms with E-state index in [2.05, 4.69) is 84.3 Å². The standard InChI is InChI=1S/C24H28N2S2/c1-2-15-25-24(27)26-16-7-12-20-10-6-11-21-13-14-22(17-23(20)21)28-18-19-8-4-3-5-9-19/h3-6,8-11,13-14,17H,2,7,12,15-16,18H2,1H3,(H2,25,26,27). The molecule has 28 heavy (non-hydrogen) atoms. The van der Waals surface area contributed by atoms with E-state index in [0.717, 1.165) is 43.2 Å². The molecule has 0 aliphatic carbocycles. The fraction of sp³-hybridized carbons (Fsp3) is 0.292. The Kier molecular flexibility index (Phi) is 8.19. The van der Waals surface area contributed by atoms with Crippen LogP contribution in [0.15, 0.2) is 71.6 Å². The van der Waals surface area contributed by atoms with E-state index in [4.69, 9.17) is 12.2 Å². The molecule has 0 aromatic heterocycles. The Balaban J connectivity index is 1.60. The molecule has 0 bridgehead atoms. The minimum absolute atomic E-state index is 0.763. The summed E-state index contributed by atoms with van der Waals surface area (Å²) in [6, 6.07) is 24.1. The molecule has 2 N–H and O–H groups in total. The van der Waals surface area contributed by atoms with Crippen molar-refractivity contribution in [3.8, 4) is 0 Å². The Morgan fingerprint density at radius 1 is 0.929 bits per heavy atom. The van der Waals surface area contributed by atoms with Crippen LogP contribution in [0.5, 0.6) is 0 Å². The summed E-state index contributed by atoms with van der Waals surface area (Å²) in [5.74, 6) is 1.00. The minimum Gasteiger partial charge on any atom is -0.363 e. The molecule has 0 unspecified atom stereocenters. The first kappa shape index (κ1) is 20.7. The van der Waals surface area contributed by atoms with E-state index in [0.29, 0.717) is 0 Å². The Morgan fingerprint density at radius 3 is 2.57 bits per heavy atom. The molecule has 3 aromatic carbocycles. The van der Waals surface area contributed by atoms with E-state index < -0.39 is 0 Å². The van der Waals surface area contributed by atoms with Crippen LogP contribution >= 0.6 is 24.0 Å². The molecule has 0 saturated carbocycles. The zero-order valence-electron chi connectivity index (χ0n) is 16.4. The van der Waals surface area contributed by atoms with Crippen molar-refractivity contribution in [3.63, 3.8) is 0 Å². The van der Waals surface area contributed by atoms with Gasteiger partial charge < -0.3 is 10.6 Å². The third-order valence-corrected chi connectivity index (χ3v) is 5.99. The highest BCUT2D eigenvalue weighted by molar-refractivity contribution is 7.98. The number of hydrogen-bond donors (Lipinski definition) is 2. The largest absolute Gasteiger partial charge is 0.363 e. The first-order valence-corrected chi connectivity index (χ1v) is 11.4. The number of nitrogens with one attached hydrogen (secondary N) is 2. The molecule has 0 aliphatic heterocycles. The molecule has 0 aliphatic rings. The lowest BCUT2D eigenvalue weighted by molar-refractivity contribution is 0.749. The van der Waals surface area contributed by atoms with Crippen molar-refractivity contribution in [1.29, 1.82) is 0 Å². The van der Waals surface area contributed by atoms with E-state index in [1.54, 1.807) is 0 Å². The second kappa shape index (κ2) is 11.1. The highest BCUT2D eigenvalue weighted by atomic mass is 32.2. The summed E-state index contributed by atoms with van der Waals surface area (Å²) < 4.78 is 0. The molecule has 3 rings (SSSR count). The van der Waals surface area contributed by atoms with Gasteiger partial charge in [0.15, 0.2) is 5.11 Å². The third kappa shape index (κ3) is 6.25.